The number of thioether (sulfide) groups is 1. The molecule has 3 aromatic heterocycles. The Hall–Kier alpha value is -2.13. The quantitative estimate of drug-likeness (QED) is 0.699. The normalized spacial score (nSPS) is 11.1. The number of hydrogen-bond donors (Lipinski definition) is 1. The molecule has 9 heteroatoms. The summed E-state index contributed by atoms with van der Waals surface area (Å²) in [7, 11) is 1.87. The number of hydrogen-bond acceptors (Lipinski definition) is 8. The predicted molar refractivity (Wildman–Crippen MR) is 70.5 cm³/mol. The zero-order valence-electron chi connectivity index (χ0n) is 10.7. The van der Waals surface area contributed by atoms with Crippen LogP contribution in [0.25, 0.3) is 11.7 Å². The molecule has 0 aromatic carbocycles. The summed E-state index contributed by atoms with van der Waals surface area (Å²) in [4.78, 5) is 0. The Labute approximate surface area is 118 Å². The average molecular weight is 292 g/mol. The largest absolute Gasteiger partial charge is 0.459 e. The van der Waals surface area contributed by atoms with Crippen LogP contribution in [0.1, 0.15) is 11.7 Å². The van der Waals surface area contributed by atoms with Gasteiger partial charge in [0.2, 0.25) is 5.89 Å². The van der Waals surface area contributed by atoms with Gasteiger partial charge in [-0.15, -0.1) is 20.4 Å². The van der Waals surface area contributed by atoms with E-state index in [1.807, 2.05) is 11.6 Å². The lowest BCUT2D eigenvalue weighted by Gasteiger charge is -1.99. The van der Waals surface area contributed by atoms with Gasteiger partial charge in [-0.1, -0.05) is 11.8 Å². The molecule has 0 fully saturated rings. The van der Waals surface area contributed by atoms with E-state index in [1.165, 1.54) is 11.8 Å². The molecule has 0 atom stereocenters. The van der Waals surface area contributed by atoms with Crippen LogP contribution in [0.4, 0.5) is 0 Å². The van der Waals surface area contributed by atoms with Crippen LogP contribution in [-0.4, -0.2) is 25.0 Å². The standard InChI is InChI=1S/C11H12N6O2S/c1-17-8(5-12)13-16-11(17)20-6-9-14-15-10(19-9)7-3-2-4-18-7/h2-4H,5-6,12H2,1H3. The minimum atomic E-state index is 0.354. The van der Waals surface area contributed by atoms with Gasteiger partial charge in [0, 0.05) is 7.05 Å². The SMILES string of the molecule is Cn1c(CN)nnc1SCc1nnc(-c2ccco2)o1. The zero-order chi connectivity index (χ0) is 13.9. The van der Waals surface area contributed by atoms with Crippen molar-refractivity contribution in [1.29, 1.82) is 0 Å². The van der Waals surface area contributed by atoms with Crippen LogP contribution in [0.15, 0.2) is 32.4 Å². The van der Waals surface area contributed by atoms with E-state index in [1.54, 1.807) is 18.4 Å². The summed E-state index contributed by atoms with van der Waals surface area (Å²) in [5.41, 5.74) is 5.54. The predicted octanol–water partition coefficient (Wildman–Crippen LogP) is 1.21. The van der Waals surface area contributed by atoms with E-state index in [0.29, 0.717) is 29.8 Å². The third-order valence-electron chi connectivity index (χ3n) is 2.63. The van der Waals surface area contributed by atoms with Gasteiger partial charge < -0.3 is 19.1 Å². The summed E-state index contributed by atoms with van der Waals surface area (Å²) in [6.45, 7) is 0.354. The molecule has 3 aromatic rings. The summed E-state index contributed by atoms with van der Waals surface area (Å²) in [6, 6.07) is 3.53. The molecule has 0 aliphatic carbocycles. The van der Waals surface area contributed by atoms with Crippen LogP contribution in [-0.2, 0) is 19.3 Å². The molecule has 104 valence electrons. The molecule has 3 heterocycles. The van der Waals surface area contributed by atoms with E-state index in [4.69, 9.17) is 14.6 Å². The molecule has 0 radical (unpaired) electrons. The van der Waals surface area contributed by atoms with Crippen LogP contribution in [0.2, 0.25) is 0 Å². The number of nitrogens with two attached hydrogens (primary N) is 1. The minimum Gasteiger partial charge on any atom is -0.459 e. The monoisotopic (exact) mass is 292 g/mol. The highest BCUT2D eigenvalue weighted by Gasteiger charge is 2.13. The second-order valence-corrected chi connectivity index (χ2v) is 4.87. The first-order valence-corrected chi connectivity index (χ1v) is 6.84. The van der Waals surface area contributed by atoms with Crippen molar-refractivity contribution in [3.05, 3.63) is 30.1 Å². The van der Waals surface area contributed by atoms with Crippen molar-refractivity contribution in [2.24, 2.45) is 12.8 Å². The first-order chi connectivity index (χ1) is 9.78. The average Bonchev–Trinajstić information content (AvgIpc) is 3.17. The van der Waals surface area contributed by atoms with Crippen molar-refractivity contribution in [3.63, 3.8) is 0 Å². The van der Waals surface area contributed by atoms with Crippen molar-refractivity contribution in [1.82, 2.24) is 25.0 Å². The Kier molecular flexibility index (Phi) is 3.52. The smallest absolute Gasteiger partial charge is 0.283 e. The van der Waals surface area contributed by atoms with Gasteiger partial charge in [-0.25, -0.2) is 0 Å². The summed E-state index contributed by atoms with van der Waals surface area (Å²) in [5, 5.41) is 16.7. The summed E-state index contributed by atoms with van der Waals surface area (Å²) < 4.78 is 12.5. The van der Waals surface area contributed by atoms with Crippen LogP contribution >= 0.6 is 11.8 Å². The highest BCUT2D eigenvalue weighted by Crippen LogP contribution is 2.23. The van der Waals surface area contributed by atoms with E-state index >= 15 is 0 Å². The lowest BCUT2D eigenvalue weighted by molar-refractivity contribution is 0.494. The molecule has 0 unspecified atom stereocenters. The highest BCUT2D eigenvalue weighted by molar-refractivity contribution is 7.98. The minimum absolute atomic E-state index is 0.354. The zero-order valence-corrected chi connectivity index (χ0v) is 11.5. The molecule has 0 aliphatic heterocycles. The first kappa shape index (κ1) is 12.9. The Morgan fingerprint density at radius 1 is 1.30 bits per heavy atom. The molecule has 8 nitrogen and oxygen atoms in total. The van der Waals surface area contributed by atoms with Crippen molar-refractivity contribution in [2.75, 3.05) is 0 Å². The molecule has 0 spiro atoms. The van der Waals surface area contributed by atoms with Gasteiger partial charge in [0.15, 0.2) is 10.9 Å². The highest BCUT2D eigenvalue weighted by atomic mass is 32.2. The van der Waals surface area contributed by atoms with Crippen LogP contribution in [0.3, 0.4) is 0 Å². The fourth-order valence-corrected chi connectivity index (χ4v) is 2.35. The van der Waals surface area contributed by atoms with Crippen LogP contribution in [0, 0.1) is 0 Å². The molecule has 3 rings (SSSR count). The Morgan fingerprint density at radius 3 is 2.90 bits per heavy atom. The fourth-order valence-electron chi connectivity index (χ4n) is 1.59. The third-order valence-corrected chi connectivity index (χ3v) is 3.64. The third kappa shape index (κ3) is 2.45. The maximum atomic E-state index is 5.54. The van der Waals surface area contributed by atoms with Gasteiger partial charge in [-0.05, 0) is 12.1 Å². The Balaban J connectivity index is 1.68. The molecule has 2 N–H and O–H groups in total. The second kappa shape index (κ2) is 5.47. The van der Waals surface area contributed by atoms with E-state index in [0.717, 1.165) is 11.0 Å². The molecule has 0 amide bonds. The number of rotatable bonds is 5. The van der Waals surface area contributed by atoms with Crippen molar-refractivity contribution in [2.45, 2.75) is 17.5 Å². The molecular formula is C11H12N6O2S. The van der Waals surface area contributed by atoms with Gasteiger partial charge in [-0.2, -0.15) is 0 Å². The molecule has 0 saturated heterocycles. The molecule has 0 saturated carbocycles. The van der Waals surface area contributed by atoms with Crippen molar-refractivity contribution in [3.8, 4) is 11.7 Å². The fraction of sp³-hybridized carbons (Fsp3) is 0.273. The topological polar surface area (TPSA) is 109 Å². The maximum absolute atomic E-state index is 5.54. The van der Waals surface area contributed by atoms with Gasteiger partial charge in [0.05, 0.1) is 18.6 Å². The maximum Gasteiger partial charge on any atom is 0.283 e. The molecule has 20 heavy (non-hydrogen) atoms. The van der Waals surface area contributed by atoms with E-state index in [9.17, 15) is 0 Å². The second-order valence-electron chi connectivity index (χ2n) is 3.93. The number of nitrogens with zero attached hydrogens (tertiary/aromatic N) is 5. The summed E-state index contributed by atoms with van der Waals surface area (Å²) >= 11 is 1.45. The van der Waals surface area contributed by atoms with Gasteiger partial charge in [0.25, 0.3) is 5.89 Å². The van der Waals surface area contributed by atoms with Gasteiger partial charge >= 0.3 is 0 Å². The lowest BCUT2D eigenvalue weighted by atomic mass is 10.5. The number of aromatic nitrogens is 5. The van der Waals surface area contributed by atoms with Crippen molar-refractivity contribution < 1.29 is 8.83 Å². The van der Waals surface area contributed by atoms with E-state index in [2.05, 4.69) is 20.4 Å². The summed E-state index contributed by atoms with van der Waals surface area (Å²) in [6.07, 6.45) is 1.56. The lowest BCUT2D eigenvalue weighted by Crippen LogP contribution is -2.05. The molecule has 0 bridgehead atoms. The molecule has 0 aliphatic rings. The Morgan fingerprint density at radius 2 is 2.20 bits per heavy atom. The van der Waals surface area contributed by atoms with Gasteiger partial charge in [0.1, 0.15) is 5.82 Å². The van der Waals surface area contributed by atoms with E-state index in [-0.39, 0.29) is 0 Å². The van der Waals surface area contributed by atoms with Crippen LogP contribution in [0.5, 0.6) is 0 Å². The number of furan rings is 1. The first-order valence-electron chi connectivity index (χ1n) is 5.85. The van der Waals surface area contributed by atoms with Gasteiger partial charge in [-0.3, -0.25) is 0 Å². The summed E-state index contributed by atoms with van der Waals surface area (Å²) in [5.74, 6) is 2.65. The Bertz CT molecular complexity index is 690. The van der Waals surface area contributed by atoms with E-state index < -0.39 is 0 Å². The van der Waals surface area contributed by atoms with Crippen LogP contribution < -0.4 is 5.73 Å². The van der Waals surface area contributed by atoms with Crippen molar-refractivity contribution >= 4 is 11.8 Å². The molecular weight excluding hydrogens is 280 g/mol.